The molecule has 0 bridgehead atoms. The van der Waals surface area contributed by atoms with E-state index in [0.717, 1.165) is 49.5 Å². The number of benzene rings is 1. The molecule has 3 heterocycles. The van der Waals surface area contributed by atoms with E-state index in [1.165, 1.54) is 12.1 Å². The number of aryl methyl sites for hydroxylation is 1. The minimum absolute atomic E-state index is 0.0129. The molecule has 0 radical (unpaired) electrons. The van der Waals surface area contributed by atoms with Gasteiger partial charge in [-0.2, -0.15) is 5.10 Å². The Labute approximate surface area is 175 Å². The summed E-state index contributed by atoms with van der Waals surface area (Å²) in [6.07, 6.45) is 4.17. The summed E-state index contributed by atoms with van der Waals surface area (Å²) in [6.45, 7) is 6.81. The van der Waals surface area contributed by atoms with Gasteiger partial charge in [-0.3, -0.25) is 9.69 Å². The number of carbonyl (C=O) groups excluding carboxylic acids is 1. The molecule has 1 saturated heterocycles. The average molecular weight is 410 g/mol. The van der Waals surface area contributed by atoms with Crippen LogP contribution in [0.1, 0.15) is 31.1 Å². The fraction of sp³-hybridized carbons (Fsp3) is 0.391. The lowest BCUT2D eigenvalue weighted by molar-refractivity contribution is -0.119. The lowest BCUT2D eigenvalue weighted by atomic mass is 9.97. The number of hydrogen-bond donors (Lipinski definition) is 1. The summed E-state index contributed by atoms with van der Waals surface area (Å²) in [6, 6.07) is 10.3. The average Bonchev–Trinajstić information content (AvgIpc) is 3.33. The zero-order chi connectivity index (χ0) is 21.1. The second-order valence-electron chi connectivity index (χ2n) is 8.02. The summed E-state index contributed by atoms with van der Waals surface area (Å²) in [5.74, 6) is 1.69. The molecule has 1 atom stereocenters. The number of hydrogen-bond acceptors (Lipinski definition) is 4. The molecule has 1 aliphatic rings. The fourth-order valence-electron chi connectivity index (χ4n) is 4.04. The topological polar surface area (TPSA) is 63.3 Å². The first-order valence-electron chi connectivity index (χ1n) is 10.4. The highest BCUT2D eigenvalue weighted by atomic mass is 19.1. The predicted octanol–water partition coefficient (Wildman–Crippen LogP) is 3.93. The molecule has 2 aromatic heterocycles. The van der Waals surface area contributed by atoms with Crippen LogP contribution in [0.3, 0.4) is 0 Å². The van der Waals surface area contributed by atoms with Gasteiger partial charge < -0.3 is 9.73 Å². The molecule has 6 nitrogen and oxygen atoms in total. The molecule has 0 aliphatic carbocycles. The first-order valence-corrected chi connectivity index (χ1v) is 10.4. The SMILES string of the molecule is CC(=O)NC[C@H]1CCCN(Cc2cn(-c3cccc(F)c3)nc2-c2ccc(C)o2)C1. The first-order chi connectivity index (χ1) is 14.5. The standard InChI is InChI=1S/C23H27FN4O2/c1-16-8-9-22(30-16)23-19(15-28(26-23)21-7-3-6-20(24)11-21)14-27-10-4-5-18(13-27)12-25-17(2)29/h3,6-9,11,15,18H,4-5,10,12-14H2,1-2H3,(H,25,29)/t18-/m1/s1. The van der Waals surface area contributed by atoms with Crippen LogP contribution in [-0.2, 0) is 11.3 Å². The van der Waals surface area contributed by atoms with E-state index in [1.807, 2.05) is 31.3 Å². The number of nitrogens with zero attached hydrogens (tertiary/aromatic N) is 3. The predicted molar refractivity (Wildman–Crippen MR) is 113 cm³/mol. The van der Waals surface area contributed by atoms with E-state index in [2.05, 4.69) is 10.2 Å². The molecule has 1 amide bonds. The van der Waals surface area contributed by atoms with E-state index in [1.54, 1.807) is 17.7 Å². The van der Waals surface area contributed by atoms with Crippen LogP contribution in [0.2, 0.25) is 0 Å². The number of aromatic nitrogens is 2. The van der Waals surface area contributed by atoms with E-state index in [4.69, 9.17) is 9.52 Å². The Kier molecular flexibility index (Phi) is 5.99. The summed E-state index contributed by atoms with van der Waals surface area (Å²) in [5.41, 5.74) is 2.48. The number of carbonyl (C=O) groups is 1. The Bertz CT molecular complexity index is 1030. The van der Waals surface area contributed by atoms with Crippen molar-refractivity contribution in [2.24, 2.45) is 5.92 Å². The van der Waals surface area contributed by atoms with Crippen molar-refractivity contribution in [3.63, 3.8) is 0 Å². The molecule has 158 valence electrons. The Morgan fingerprint density at radius 2 is 2.20 bits per heavy atom. The van der Waals surface area contributed by atoms with E-state index in [9.17, 15) is 9.18 Å². The number of piperidine rings is 1. The smallest absolute Gasteiger partial charge is 0.216 e. The molecule has 1 aromatic carbocycles. The highest BCUT2D eigenvalue weighted by Gasteiger charge is 2.23. The van der Waals surface area contributed by atoms with E-state index >= 15 is 0 Å². The van der Waals surface area contributed by atoms with Crippen molar-refractivity contribution < 1.29 is 13.6 Å². The van der Waals surface area contributed by atoms with Crippen LogP contribution in [0.5, 0.6) is 0 Å². The lowest BCUT2D eigenvalue weighted by Gasteiger charge is -2.32. The first kappa shape index (κ1) is 20.3. The van der Waals surface area contributed by atoms with Crippen molar-refractivity contribution in [3.05, 3.63) is 59.7 Å². The summed E-state index contributed by atoms with van der Waals surface area (Å²) in [5, 5.41) is 7.66. The number of halogens is 1. The lowest BCUT2D eigenvalue weighted by Crippen LogP contribution is -2.40. The van der Waals surface area contributed by atoms with Gasteiger partial charge in [-0.05, 0) is 62.6 Å². The summed E-state index contributed by atoms with van der Waals surface area (Å²) in [7, 11) is 0. The third kappa shape index (κ3) is 4.79. The van der Waals surface area contributed by atoms with Crippen molar-refractivity contribution in [3.8, 4) is 17.1 Å². The quantitative estimate of drug-likeness (QED) is 0.669. The monoisotopic (exact) mass is 410 g/mol. The highest BCUT2D eigenvalue weighted by Crippen LogP contribution is 2.28. The molecule has 1 fully saturated rings. The largest absolute Gasteiger partial charge is 0.460 e. The maximum Gasteiger partial charge on any atom is 0.216 e. The van der Waals surface area contributed by atoms with Crippen molar-refractivity contribution in [1.29, 1.82) is 0 Å². The number of rotatable bonds is 6. The Morgan fingerprint density at radius 1 is 1.33 bits per heavy atom. The number of nitrogens with one attached hydrogen (secondary N) is 1. The van der Waals surface area contributed by atoms with Crippen LogP contribution in [0.4, 0.5) is 4.39 Å². The van der Waals surface area contributed by atoms with Crippen molar-refractivity contribution >= 4 is 5.91 Å². The zero-order valence-electron chi connectivity index (χ0n) is 17.4. The van der Waals surface area contributed by atoms with E-state index in [0.29, 0.717) is 23.9 Å². The van der Waals surface area contributed by atoms with Crippen LogP contribution >= 0.6 is 0 Å². The van der Waals surface area contributed by atoms with E-state index < -0.39 is 0 Å². The van der Waals surface area contributed by atoms with Gasteiger partial charge in [0.15, 0.2) is 5.76 Å². The van der Waals surface area contributed by atoms with E-state index in [-0.39, 0.29) is 11.7 Å². The maximum absolute atomic E-state index is 13.7. The Hall–Kier alpha value is -2.93. The zero-order valence-corrected chi connectivity index (χ0v) is 17.4. The third-order valence-electron chi connectivity index (χ3n) is 5.47. The summed E-state index contributed by atoms with van der Waals surface area (Å²) >= 11 is 0. The highest BCUT2D eigenvalue weighted by molar-refractivity contribution is 5.72. The minimum Gasteiger partial charge on any atom is -0.460 e. The van der Waals surface area contributed by atoms with Crippen LogP contribution in [0.15, 0.2) is 47.0 Å². The molecule has 0 saturated carbocycles. The Morgan fingerprint density at radius 3 is 2.93 bits per heavy atom. The minimum atomic E-state index is -0.295. The van der Waals surface area contributed by atoms with Crippen LogP contribution in [0.25, 0.3) is 17.1 Å². The van der Waals surface area contributed by atoms with Gasteiger partial charge in [0.1, 0.15) is 17.3 Å². The van der Waals surface area contributed by atoms with Crippen molar-refractivity contribution in [2.45, 2.75) is 33.2 Å². The molecule has 7 heteroatoms. The van der Waals surface area contributed by atoms with Gasteiger partial charge in [0.05, 0.1) is 5.69 Å². The molecule has 4 rings (SSSR count). The van der Waals surface area contributed by atoms with Crippen LogP contribution in [0, 0.1) is 18.7 Å². The molecule has 1 N–H and O–H groups in total. The van der Waals surface area contributed by atoms with Gasteiger partial charge in [0.2, 0.25) is 5.91 Å². The molecule has 30 heavy (non-hydrogen) atoms. The summed E-state index contributed by atoms with van der Waals surface area (Å²) < 4.78 is 21.3. The maximum atomic E-state index is 13.7. The van der Waals surface area contributed by atoms with Crippen LogP contribution in [-0.4, -0.2) is 40.2 Å². The molecule has 1 aliphatic heterocycles. The van der Waals surface area contributed by atoms with Crippen molar-refractivity contribution in [2.75, 3.05) is 19.6 Å². The van der Waals surface area contributed by atoms with Crippen molar-refractivity contribution in [1.82, 2.24) is 20.0 Å². The molecule has 3 aromatic rings. The van der Waals surface area contributed by atoms with Gasteiger partial charge in [-0.15, -0.1) is 0 Å². The van der Waals surface area contributed by atoms with Crippen LogP contribution < -0.4 is 5.32 Å². The Balaban J connectivity index is 1.59. The molecule has 0 unspecified atom stereocenters. The molecular weight excluding hydrogens is 383 g/mol. The number of likely N-dealkylation sites (tertiary alicyclic amines) is 1. The summed E-state index contributed by atoms with van der Waals surface area (Å²) in [4.78, 5) is 13.6. The number of furan rings is 1. The molecule has 0 spiro atoms. The van der Waals surface area contributed by atoms with Gasteiger partial charge in [-0.1, -0.05) is 6.07 Å². The normalized spacial score (nSPS) is 17.2. The van der Waals surface area contributed by atoms with Gasteiger partial charge >= 0.3 is 0 Å². The fourth-order valence-corrected chi connectivity index (χ4v) is 4.04. The van der Waals surface area contributed by atoms with Gasteiger partial charge in [0.25, 0.3) is 0 Å². The molecular formula is C23H27FN4O2. The van der Waals surface area contributed by atoms with Gasteiger partial charge in [-0.25, -0.2) is 9.07 Å². The third-order valence-corrected chi connectivity index (χ3v) is 5.47. The second-order valence-corrected chi connectivity index (χ2v) is 8.02. The number of amides is 1. The second kappa shape index (κ2) is 8.83. The van der Waals surface area contributed by atoms with Gasteiger partial charge in [0, 0.05) is 38.3 Å².